The smallest absolute Gasteiger partial charge is 0.270 e. The Kier molecular flexibility index (Phi) is 5.45. The number of anilines is 2. The van der Waals surface area contributed by atoms with E-state index in [1.807, 2.05) is 0 Å². The zero-order chi connectivity index (χ0) is 17.8. The first kappa shape index (κ1) is 17.6. The first-order chi connectivity index (χ1) is 12.0. The van der Waals surface area contributed by atoms with Crippen molar-refractivity contribution in [3.63, 3.8) is 0 Å². The van der Waals surface area contributed by atoms with E-state index >= 15 is 0 Å². The highest BCUT2D eigenvalue weighted by molar-refractivity contribution is 6.31. The lowest BCUT2D eigenvalue weighted by molar-refractivity contribution is 0.0853. The molecule has 1 aliphatic rings. The quantitative estimate of drug-likeness (QED) is 0.851. The van der Waals surface area contributed by atoms with Crippen LogP contribution in [0.1, 0.15) is 29.0 Å². The molecule has 1 amide bonds. The summed E-state index contributed by atoms with van der Waals surface area (Å²) in [7, 11) is 0. The SMILES string of the molecule is Cc1cc(C(=O)NCC2CCCO2)nc(Nc2ccc(F)c(Cl)c2)n1. The van der Waals surface area contributed by atoms with Crippen molar-refractivity contribution in [3.8, 4) is 0 Å². The van der Waals surface area contributed by atoms with E-state index in [1.54, 1.807) is 13.0 Å². The summed E-state index contributed by atoms with van der Waals surface area (Å²) in [6.45, 7) is 2.96. The van der Waals surface area contributed by atoms with E-state index in [0.29, 0.717) is 17.9 Å². The van der Waals surface area contributed by atoms with E-state index in [4.69, 9.17) is 16.3 Å². The molecule has 0 aliphatic carbocycles. The summed E-state index contributed by atoms with van der Waals surface area (Å²) in [5.41, 5.74) is 1.41. The molecule has 2 aromatic rings. The Morgan fingerprint density at radius 1 is 1.40 bits per heavy atom. The summed E-state index contributed by atoms with van der Waals surface area (Å²) in [5, 5.41) is 5.74. The van der Waals surface area contributed by atoms with Gasteiger partial charge in [0.2, 0.25) is 5.95 Å². The number of halogens is 2. The summed E-state index contributed by atoms with van der Waals surface area (Å²) in [6, 6.07) is 5.80. The molecule has 1 fully saturated rings. The molecule has 2 heterocycles. The Balaban J connectivity index is 1.70. The van der Waals surface area contributed by atoms with Gasteiger partial charge in [0, 0.05) is 24.5 Å². The molecule has 0 saturated carbocycles. The second-order valence-electron chi connectivity index (χ2n) is 5.82. The summed E-state index contributed by atoms with van der Waals surface area (Å²) in [4.78, 5) is 20.8. The maximum absolute atomic E-state index is 13.2. The van der Waals surface area contributed by atoms with Crippen LogP contribution in [-0.2, 0) is 4.74 Å². The zero-order valence-corrected chi connectivity index (χ0v) is 14.4. The monoisotopic (exact) mass is 364 g/mol. The molecule has 1 atom stereocenters. The molecule has 1 saturated heterocycles. The molecule has 25 heavy (non-hydrogen) atoms. The molecule has 6 nitrogen and oxygen atoms in total. The highest BCUT2D eigenvalue weighted by Gasteiger charge is 2.18. The van der Waals surface area contributed by atoms with E-state index < -0.39 is 5.82 Å². The Labute approximate surface area is 149 Å². The molecule has 1 aromatic carbocycles. The van der Waals surface area contributed by atoms with Crippen LogP contribution in [0, 0.1) is 12.7 Å². The lowest BCUT2D eigenvalue weighted by atomic mass is 10.2. The number of carbonyl (C=O) groups excluding carboxylic acids is 1. The molecule has 1 aliphatic heterocycles. The molecule has 0 radical (unpaired) electrons. The maximum atomic E-state index is 13.2. The fraction of sp³-hybridized carbons (Fsp3) is 0.353. The van der Waals surface area contributed by atoms with Gasteiger partial charge in [0.1, 0.15) is 11.5 Å². The van der Waals surface area contributed by atoms with Crippen LogP contribution in [0.3, 0.4) is 0 Å². The van der Waals surface area contributed by atoms with Crippen molar-refractivity contribution in [2.75, 3.05) is 18.5 Å². The van der Waals surface area contributed by atoms with E-state index in [0.717, 1.165) is 19.4 Å². The largest absolute Gasteiger partial charge is 0.376 e. The second kappa shape index (κ2) is 7.76. The highest BCUT2D eigenvalue weighted by Crippen LogP contribution is 2.21. The van der Waals surface area contributed by atoms with Gasteiger partial charge in [0.15, 0.2) is 0 Å². The lowest BCUT2D eigenvalue weighted by Crippen LogP contribution is -2.32. The van der Waals surface area contributed by atoms with E-state index in [2.05, 4.69) is 20.6 Å². The Morgan fingerprint density at radius 2 is 2.24 bits per heavy atom. The van der Waals surface area contributed by atoms with Gasteiger partial charge in [0.25, 0.3) is 5.91 Å². The van der Waals surface area contributed by atoms with Gasteiger partial charge in [-0.3, -0.25) is 4.79 Å². The van der Waals surface area contributed by atoms with Gasteiger partial charge in [-0.25, -0.2) is 14.4 Å². The van der Waals surface area contributed by atoms with Crippen molar-refractivity contribution < 1.29 is 13.9 Å². The Hall–Kier alpha value is -2.25. The van der Waals surface area contributed by atoms with Gasteiger partial charge in [0.05, 0.1) is 11.1 Å². The third-order valence-corrected chi connectivity index (χ3v) is 4.07. The van der Waals surface area contributed by atoms with Crippen LogP contribution in [0.25, 0.3) is 0 Å². The molecule has 2 N–H and O–H groups in total. The number of hydrogen-bond acceptors (Lipinski definition) is 5. The predicted octanol–water partition coefficient (Wildman–Crippen LogP) is 3.23. The number of ether oxygens (including phenoxy) is 1. The molecule has 1 unspecified atom stereocenters. The van der Waals surface area contributed by atoms with Crippen molar-refractivity contribution in [1.29, 1.82) is 0 Å². The number of benzene rings is 1. The minimum atomic E-state index is -0.508. The minimum absolute atomic E-state index is 0.00724. The van der Waals surface area contributed by atoms with Crippen molar-refractivity contribution in [3.05, 3.63) is 46.5 Å². The van der Waals surface area contributed by atoms with E-state index in [1.165, 1.54) is 18.2 Å². The lowest BCUT2D eigenvalue weighted by Gasteiger charge is -2.12. The van der Waals surface area contributed by atoms with Crippen LogP contribution in [-0.4, -0.2) is 35.1 Å². The molecule has 0 bridgehead atoms. The summed E-state index contributed by atoms with van der Waals surface area (Å²) < 4.78 is 18.7. The van der Waals surface area contributed by atoms with Gasteiger partial charge in [-0.15, -0.1) is 0 Å². The number of amides is 1. The summed E-state index contributed by atoms with van der Waals surface area (Å²) in [6.07, 6.45) is 2.02. The topological polar surface area (TPSA) is 76.1 Å². The minimum Gasteiger partial charge on any atom is -0.376 e. The third kappa shape index (κ3) is 4.64. The van der Waals surface area contributed by atoms with Crippen molar-refractivity contribution in [1.82, 2.24) is 15.3 Å². The average Bonchev–Trinajstić information content (AvgIpc) is 3.09. The molecule has 8 heteroatoms. The number of hydrogen-bond donors (Lipinski definition) is 2. The van der Waals surface area contributed by atoms with Gasteiger partial charge in [-0.1, -0.05) is 11.6 Å². The fourth-order valence-corrected chi connectivity index (χ4v) is 2.73. The predicted molar refractivity (Wildman–Crippen MR) is 92.8 cm³/mol. The van der Waals surface area contributed by atoms with Crippen LogP contribution in [0.4, 0.5) is 16.0 Å². The average molecular weight is 365 g/mol. The van der Waals surface area contributed by atoms with Crippen LogP contribution in [0.5, 0.6) is 0 Å². The standard InChI is InChI=1S/C17H18ClFN4O2/c1-10-7-15(16(24)20-9-12-3-2-6-25-12)23-17(21-10)22-11-4-5-14(19)13(18)8-11/h4-5,7-8,12H,2-3,6,9H2,1H3,(H,20,24)(H,21,22,23). The zero-order valence-electron chi connectivity index (χ0n) is 13.7. The highest BCUT2D eigenvalue weighted by atomic mass is 35.5. The van der Waals surface area contributed by atoms with Crippen LogP contribution in [0.2, 0.25) is 5.02 Å². The third-order valence-electron chi connectivity index (χ3n) is 3.78. The van der Waals surface area contributed by atoms with Gasteiger partial charge < -0.3 is 15.4 Å². The first-order valence-electron chi connectivity index (χ1n) is 7.99. The Bertz CT molecular complexity index is 781. The van der Waals surface area contributed by atoms with Crippen LogP contribution < -0.4 is 10.6 Å². The molecule has 132 valence electrons. The normalized spacial score (nSPS) is 16.7. The Morgan fingerprint density at radius 3 is 2.96 bits per heavy atom. The summed E-state index contributed by atoms with van der Waals surface area (Å²) >= 11 is 5.76. The molecular weight excluding hydrogens is 347 g/mol. The molecule has 3 rings (SSSR count). The van der Waals surface area contributed by atoms with Gasteiger partial charge in [-0.2, -0.15) is 0 Å². The number of aryl methyl sites for hydroxylation is 1. The van der Waals surface area contributed by atoms with E-state index in [-0.39, 0.29) is 28.7 Å². The maximum Gasteiger partial charge on any atom is 0.270 e. The number of rotatable bonds is 5. The summed E-state index contributed by atoms with van der Waals surface area (Å²) in [5.74, 6) is -0.558. The fourth-order valence-electron chi connectivity index (χ4n) is 2.55. The number of carbonyl (C=O) groups is 1. The molecular formula is C17H18ClFN4O2. The van der Waals surface area contributed by atoms with Crippen molar-refractivity contribution in [2.24, 2.45) is 0 Å². The van der Waals surface area contributed by atoms with Crippen molar-refractivity contribution >= 4 is 29.1 Å². The number of aromatic nitrogens is 2. The first-order valence-corrected chi connectivity index (χ1v) is 8.36. The number of nitrogens with zero attached hydrogens (tertiary/aromatic N) is 2. The van der Waals surface area contributed by atoms with E-state index in [9.17, 15) is 9.18 Å². The van der Waals surface area contributed by atoms with Crippen LogP contribution in [0.15, 0.2) is 24.3 Å². The second-order valence-corrected chi connectivity index (χ2v) is 6.22. The van der Waals surface area contributed by atoms with Crippen LogP contribution >= 0.6 is 11.6 Å². The van der Waals surface area contributed by atoms with Gasteiger partial charge >= 0.3 is 0 Å². The number of nitrogens with one attached hydrogen (secondary N) is 2. The molecule has 1 aromatic heterocycles. The van der Waals surface area contributed by atoms with Gasteiger partial charge in [-0.05, 0) is 44.0 Å². The van der Waals surface area contributed by atoms with Crippen molar-refractivity contribution in [2.45, 2.75) is 25.9 Å². The molecule has 0 spiro atoms.